The number of halogens is 1. The first-order valence-electron chi connectivity index (χ1n) is 6.89. The minimum absolute atomic E-state index is 0.280. The molecule has 1 saturated heterocycles. The molecule has 0 spiro atoms. The number of hydrogen-bond donors (Lipinski definition) is 0. The fraction of sp³-hybridized carbons (Fsp3) is 0.714. The van der Waals surface area contributed by atoms with E-state index in [1.165, 1.54) is 12.8 Å². The van der Waals surface area contributed by atoms with Gasteiger partial charge in [-0.15, -0.1) is 0 Å². The van der Waals surface area contributed by atoms with Gasteiger partial charge < -0.3 is 4.90 Å². The van der Waals surface area contributed by atoms with Crippen LogP contribution in [0, 0.1) is 6.92 Å². The van der Waals surface area contributed by atoms with E-state index in [0.29, 0.717) is 11.1 Å². The van der Waals surface area contributed by atoms with Gasteiger partial charge in [0.2, 0.25) is 0 Å². The van der Waals surface area contributed by atoms with Gasteiger partial charge in [0.25, 0.3) is 0 Å². The number of nitrogens with zero attached hydrogens (tertiary/aromatic N) is 3. The van der Waals surface area contributed by atoms with Gasteiger partial charge in [-0.1, -0.05) is 11.6 Å². The lowest BCUT2D eigenvalue weighted by atomic mass is 10.1. The van der Waals surface area contributed by atoms with E-state index in [-0.39, 0.29) is 4.75 Å². The topological polar surface area (TPSA) is 29.0 Å². The Labute approximate surface area is 124 Å². The number of thioether (sulfide) groups is 1. The Morgan fingerprint density at radius 1 is 1.32 bits per heavy atom. The number of rotatable bonds is 2. The molecular formula is C14H20ClN3S. The summed E-state index contributed by atoms with van der Waals surface area (Å²) in [5.74, 6) is 3.69. The van der Waals surface area contributed by atoms with E-state index in [0.717, 1.165) is 36.0 Å². The molecule has 0 amide bonds. The molecule has 0 aromatic carbocycles. The van der Waals surface area contributed by atoms with Crippen LogP contribution in [0.2, 0.25) is 5.15 Å². The minimum Gasteiger partial charge on any atom is -0.354 e. The molecule has 2 aliphatic rings. The van der Waals surface area contributed by atoms with Crippen molar-refractivity contribution in [2.24, 2.45) is 0 Å². The third-order valence-corrected chi connectivity index (χ3v) is 5.41. The highest BCUT2D eigenvalue weighted by molar-refractivity contribution is 8.00. The third kappa shape index (κ3) is 2.84. The quantitative estimate of drug-likeness (QED) is 0.779. The van der Waals surface area contributed by atoms with E-state index in [1.807, 2.05) is 18.7 Å². The Balaban J connectivity index is 1.94. The lowest BCUT2D eigenvalue weighted by Gasteiger charge is -2.38. The molecule has 3 rings (SSSR count). The molecule has 0 N–H and O–H groups in total. The van der Waals surface area contributed by atoms with E-state index in [2.05, 4.69) is 23.7 Å². The lowest BCUT2D eigenvalue weighted by molar-refractivity contribution is 0.638. The summed E-state index contributed by atoms with van der Waals surface area (Å²) in [7, 11) is 0. The summed E-state index contributed by atoms with van der Waals surface area (Å²) in [5.41, 5.74) is 1.02. The predicted molar refractivity (Wildman–Crippen MR) is 82.5 cm³/mol. The highest BCUT2D eigenvalue weighted by atomic mass is 35.5. The molecule has 1 aromatic rings. The molecule has 0 unspecified atom stereocenters. The van der Waals surface area contributed by atoms with Crippen LogP contribution < -0.4 is 4.90 Å². The molecule has 3 nitrogen and oxygen atoms in total. The Morgan fingerprint density at radius 3 is 2.68 bits per heavy atom. The zero-order chi connectivity index (χ0) is 13.6. The molecular weight excluding hydrogens is 278 g/mol. The van der Waals surface area contributed by atoms with Crippen molar-refractivity contribution in [1.82, 2.24) is 9.97 Å². The Hall–Kier alpha value is -0.480. The van der Waals surface area contributed by atoms with Gasteiger partial charge in [0, 0.05) is 35.1 Å². The van der Waals surface area contributed by atoms with Crippen LogP contribution in [0.3, 0.4) is 0 Å². The first kappa shape index (κ1) is 13.5. The van der Waals surface area contributed by atoms with Crippen molar-refractivity contribution in [3.8, 4) is 0 Å². The van der Waals surface area contributed by atoms with Crippen molar-refractivity contribution >= 4 is 29.2 Å². The van der Waals surface area contributed by atoms with Crippen LogP contribution >= 0.6 is 23.4 Å². The molecule has 0 bridgehead atoms. The van der Waals surface area contributed by atoms with Crippen molar-refractivity contribution in [1.29, 1.82) is 0 Å². The van der Waals surface area contributed by atoms with Gasteiger partial charge in [-0.25, -0.2) is 9.97 Å². The van der Waals surface area contributed by atoms with Crippen LogP contribution in [0.15, 0.2) is 0 Å². The van der Waals surface area contributed by atoms with Gasteiger partial charge in [0.1, 0.15) is 16.8 Å². The van der Waals surface area contributed by atoms with Crippen LogP contribution in [0.4, 0.5) is 5.82 Å². The maximum Gasteiger partial charge on any atom is 0.137 e. The molecule has 2 fully saturated rings. The molecule has 1 saturated carbocycles. The largest absolute Gasteiger partial charge is 0.354 e. The number of anilines is 1. The first-order valence-corrected chi connectivity index (χ1v) is 8.25. The zero-order valence-electron chi connectivity index (χ0n) is 11.7. The summed E-state index contributed by atoms with van der Waals surface area (Å²) < 4.78 is 0.280. The van der Waals surface area contributed by atoms with Gasteiger partial charge in [0.05, 0.1) is 0 Å². The average molecular weight is 298 g/mol. The average Bonchev–Trinajstić information content (AvgIpc) is 3.15. The molecule has 1 aromatic heterocycles. The van der Waals surface area contributed by atoms with Crippen LogP contribution in [-0.2, 0) is 0 Å². The second-order valence-electron chi connectivity index (χ2n) is 6.13. The molecule has 0 radical (unpaired) electrons. The second-order valence-corrected chi connectivity index (χ2v) is 8.29. The molecule has 19 heavy (non-hydrogen) atoms. The molecule has 104 valence electrons. The van der Waals surface area contributed by atoms with Gasteiger partial charge in [-0.2, -0.15) is 11.8 Å². The van der Waals surface area contributed by atoms with E-state index < -0.39 is 0 Å². The normalized spacial score (nSPS) is 22.6. The summed E-state index contributed by atoms with van der Waals surface area (Å²) in [6.45, 7) is 8.69. The Bertz CT molecular complexity index is 500. The van der Waals surface area contributed by atoms with Crippen LogP contribution in [0.1, 0.15) is 44.0 Å². The Morgan fingerprint density at radius 2 is 2.05 bits per heavy atom. The molecule has 2 heterocycles. The summed E-state index contributed by atoms with van der Waals surface area (Å²) in [6, 6.07) is 0. The summed E-state index contributed by atoms with van der Waals surface area (Å²) in [4.78, 5) is 11.6. The van der Waals surface area contributed by atoms with Crippen molar-refractivity contribution in [3.63, 3.8) is 0 Å². The second kappa shape index (κ2) is 4.81. The standard InChI is InChI=1S/C14H20ClN3S/c1-9-11(15)16-12(10-4-5-10)17-13(9)18-6-7-19-14(2,3)8-18/h10H,4-8H2,1-3H3. The van der Waals surface area contributed by atoms with Crippen molar-refractivity contribution in [2.75, 3.05) is 23.7 Å². The van der Waals surface area contributed by atoms with Crippen LogP contribution in [0.25, 0.3) is 0 Å². The van der Waals surface area contributed by atoms with E-state index in [9.17, 15) is 0 Å². The maximum absolute atomic E-state index is 6.30. The monoisotopic (exact) mass is 297 g/mol. The maximum atomic E-state index is 6.30. The zero-order valence-corrected chi connectivity index (χ0v) is 13.3. The van der Waals surface area contributed by atoms with Crippen molar-refractivity contribution < 1.29 is 0 Å². The van der Waals surface area contributed by atoms with Gasteiger partial charge in [-0.3, -0.25) is 0 Å². The summed E-state index contributed by atoms with van der Waals surface area (Å²) in [6.07, 6.45) is 2.42. The highest BCUT2D eigenvalue weighted by Crippen LogP contribution is 2.40. The van der Waals surface area contributed by atoms with Gasteiger partial charge in [0.15, 0.2) is 0 Å². The fourth-order valence-electron chi connectivity index (χ4n) is 2.52. The SMILES string of the molecule is Cc1c(Cl)nc(C2CC2)nc1N1CCSC(C)(C)C1. The summed E-state index contributed by atoms with van der Waals surface area (Å²) in [5, 5.41) is 0.628. The van der Waals surface area contributed by atoms with Crippen molar-refractivity contribution in [2.45, 2.75) is 44.3 Å². The molecule has 5 heteroatoms. The van der Waals surface area contributed by atoms with Gasteiger partial charge in [-0.05, 0) is 33.6 Å². The number of hydrogen-bond acceptors (Lipinski definition) is 4. The van der Waals surface area contributed by atoms with Crippen LogP contribution in [-0.4, -0.2) is 33.6 Å². The fourth-order valence-corrected chi connectivity index (χ4v) is 3.81. The third-order valence-electron chi connectivity index (χ3n) is 3.75. The summed E-state index contributed by atoms with van der Waals surface area (Å²) >= 11 is 8.33. The van der Waals surface area contributed by atoms with E-state index in [4.69, 9.17) is 16.6 Å². The highest BCUT2D eigenvalue weighted by Gasteiger charge is 2.32. The van der Waals surface area contributed by atoms with Crippen LogP contribution in [0.5, 0.6) is 0 Å². The smallest absolute Gasteiger partial charge is 0.137 e. The number of aromatic nitrogens is 2. The van der Waals surface area contributed by atoms with Crippen molar-refractivity contribution in [3.05, 3.63) is 16.5 Å². The Kier molecular flexibility index (Phi) is 3.42. The van der Waals surface area contributed by atoms with E-state index in [1.54, 1.807) is 0 Å². The van der Waals surface area contributed by atoms with E-state index >= 15 is 0 Å². The molecule has 0 atom stereocenters. The first-order chi connectivity index (χ1) is 8.96. The van der Waals surface area contributed by atoms with Gasteiger partial charge >= 0.3 is 0 Å². The predicted octanol–water partition coefficient (Wildman–Crippen LogP) is 3.65. The lowest BCUT2D eigenvalue weighted by Crippen LogP contribution is -2.44. The molecule has 1 aliphatic carbocycles. The minimum atomic E-state index is 0.280. The molecule has 1 aliphatic heterocycles.